The summed E-state index contributed by atoms with van der Waals surface area (Å²) in [6.45, 7) is 6.09. The summed E-state index contributed by atoms with van der Waals surface area (Å²) in [4.78, 5) is 21.2. The molecule has 4 nitrogen and oxygen atoms in total. The normalized spacial score (nSPS) is 10.7. The monoisotopic (exact) mass is 397 g/mol. The molecule has 0 saturated heterocycles. The fourth-order valence-corrected chi connectivity index (χ4v) is 3.47. The highest BCUT2D eigenvalue weighted by Crippen LogP contribution is 2.23. The second-order valence-corrected chi connectivity index (χ2v) is 7.73. The zero-order chi connectivity index (χ0) is 19.4. The molecule has 2 aromatic carbocycles. The predicted octanol–water partition coefficient (Wildman–Crippen LogP) is 5.60. The molecule has 0 bridgehead atoms. The smallest absolute Gasteiger partial charge is 0.275 e. The van der Waals surface area contributed by atoms with E-state index in [-0.39, 0.29) is 16.6 Å². The van der Waals surface area contributed by atoms with Crippen molar-refractivity contribution in [2.75, 3.05) is 5.32 Å². The first-order valence-corrected chi connectivity index (χ1v) is 9.88. The minimum atomic E-state index is -0.344. The molecule has 1 aromatic heterocycles. The van der Waals surface area contributed by atoms with Crippen LogP contribution in [0.2, 0.25) is 5.02 Å². The number of aryl methyl sites for hydroxylation is 3. The maximum atomic E-state index is 12.6. The zero-order valence-electron chi connectivity index (χ0n) is 15.4. The van der Waals surface area contributed by atoms with E-state index in [2.05, 4.69) is 40.4 Å². The van der Waals surface area contributed by atoms with Crippen molar-refractivity contribution in [3.05, 3.63) is 81.6 Å². The fraction of sp³-hybridized carbons (Fsp3) is 0.190. The number of aromatic nitrogens is 2. The number of benzene rings is 2. The van der Waals surface area contributed by atoms with Crippen LogP contribution in [-0.4, -0.2) is 15.9 Å². The maximum Gasteiger partial charge on any atom is 0.275 e. The van der Waals surface area contributed by atoms with Crippen LogP contribution in [0.1, 0.15) is 32.7 Å². The van der Waals surface area contributed by atoms with Gasteiger partial charge in [0.1, 0.15) is 0 Å². The van der Waals surface area contributed by atoms with Gasteiger partial charge in [-0.15, -0.1) is 0 Å². The summed E-state index contributed by atoms with van der Waals surface area (Å²) in [5.74, 6) is 0.379. The van der Waals surface area contributed by atoms with Gasteiger partial charge in [-0.2, -0.15) is 0 Å². The number of nitrogens with zero attached hydrogens (tertiary/aromatic N) is 2. The Labute approximate surface area is 168 Å². The lowest BCUT2D eigenvalue weighted by Gasteiger charge is -2.09. The molecule has 0 radical (unpaired) electrons. The Morgan fingerprint density at radius 1 is 1.11 bits per heavy atom. The van der Waals surface area contributed by atoms with Gasteiger partial charge >= 0.3 is 0 Å². The van der Waals surface area contributed by atoms with Crippen LogP contribution in [0, 0.1) is 20.8 Å². The van der Waals surface area contributed by atoms with Crippen molar-refractivity contribution >= 4 is 35.0 Å². The van der Waals surface area contributed by atoms with E-state index < -0.39 is 0 Å². The minimum absolute atomic E-state index is 0.177. The molecular weight excluding hydrogens is 378 g/mol. The summed E-state index contributed by atoms with van der Waals surface area (Å²) in [5.41, 5.74) is 5.56. The quantitative estimate of drug-likeness (QED) is 0.449. The van der Waals surface area contributed by atoms with Crippen molar-refractivity contribution in [3.63, 3.8) is 0 Å². The molecule has 0 aliphatic carbocycles. The van der Waals surface area contributed by atoms with Gasteiger partial charge in [0.15, 0.2) is 10.9 Å². The highest BCUT2D eigenvalue weighted by atomic mass is 35.5. The summed E-state index contributed by atoms with van der Waals surface area (Å²) in [6, 6.07) is 14.0. The number of thioether (sulfide) groups is 1. The Morgan fingerprint density at radius 3 is 2.67 bits per heavy atom. The molecule has 1 N–H and O–H groups in total. The van der Waals surface area contributed by atoms with Gasteiger partial charge in [-0.1, -0.05) is 59.3 Å². The van der Waals surface area contributed by atoms with Crippen LogP contribution in [0.3, 0.4) is 0 Å². The molecule has 0 fully saturated rings. The second-order valence-electron chi connectivity index (χ2n) is 6.38. The van der Waals surface area contributed by atoms with E-state index in [1.807, 2.05) is 38.1 Å². The first-order chi connectivity index (χ1) is 12.9. The van der Waals surface area contributed by atoms with Crippen LogP contribution in [0.25, 0.3) is 0 Å². The average Bonchev–Trinajstić information content (AvgIpc) is 2.64. The maximum absolute atomic E-state index is 12.6. The van der Waals surface area contributed by atoms with Crippen molar-refractivity contribution in [1.29, 1.82) is 0 Å². The van der Waals surface area contributed by atoms with E-state index in [9.17, 15) is 4.79 Å². The van der Waals surface area contributed by atoms with Gasteiger partial charge in [-0.25, -0.2) is 9.97 Å². The molecule has 3 rings (SSSR count). The lowest BCUT2D eigenvalue weighted by atomic mass is 10.1. The molecule has 0 aliphatic rings. The average molecular weight is 398 g/mol. The third-order valence-electron chi connectivity index (χ3n) is 4.15. The molecule has 0 unspecified atom stereocenters. The molecule has 1 amide bonds. The standard InChI is InChI=1S/C21H20ClN3OS/c1-13-5-4-6-16(9-13)12-27-21-23-11-18(22)19(25-21)20(26)24-17-8-7-14(2)15(3)10-17/h4-11H,12H2,1-3H3,(H,24,26). The van der Waals surface area contributed by atoms with E-state index in [0.29, 0.717) is 10.8 Å². The number of hydrogen-bond donors (Lipinski definition) is 1. The predicted molar refractivity (Wildman–Crippen MR) is 112 cm³/mol. The highest BCUT2D eigenvalue weighted by molar-refractivity contribution is 7.98. The number of amides is 1. The molecule has 3 aromatic rings. The van der Waals surface area contributed by atoms with Crippen LogP contribution in [0.5, 0.6) is 0 Å². The van der Waals surface area contributed by atoms with Crippen LogP contribution >= 0.6 is 23.4 Å². The fourth-order valence-electron chi connectivity index (χ4n) is 2.54. The largest absolute Gasteiger partial charge is 0.321 e. The molecular formula is C21H20ClN3OS. The Morgan fingerprint density at radius 2 is 1.93 bits per heavy atom. The lowest BCUT2D eigenvalue weighted by Crippen LogP contribution is -2.15. The van der Waals surface area contributed by atoms with E-state index in [1.54, 1.807) is 0 Å². The molecule has 0 spiro atoms. The highest BCUT2D eigenvalue weighted by Gasteiger charge is 2.15. The van der Waals surface area contributed by atoms with E-state index in [1.165, 1.54) is 34.6 Å². The molecule has 0 atom stereocenters. The van der Waals surface area contributed by atoms with Gasteiger partial charge in [-0.05, 0) is 49.6 Å². The molecule has 0 saturated carbocycles. The van der Waals surface area contributed by atoms with E-state index in [0.717, 1.165) is 11.3 Å². The number of nitrogens with one attached hydrogen (secondary N) is 1. The van der Waals surface area contributed by atoms with Gasteiger partial charge in [0.2, 0.25) is 0 Å². The summed E-state index contributed by atoms with van der Waals surface area (Å²) in [5, 5.41) is 3.60. The number of anilines is 1. The summed E-state index contributed by atoms with van der Waals surface area (Å²) in [6.07, 6.45) is 1.47. The topological polar surface area (TPSA) is 54.9 Å². The number of rotatable bonds is 5. The van der Waals surface area contributed by atoms with Gasteiger partial charge in [0.25, 0.3) is 5.91 Å². The summed E-state index contributed by atoms with van der Waals surface area (Å²) in [7, 11) is 0. The van der Waals surface area contributed by atoms with Crippen molar-refractivity contribution in [1.82, 2.24) is 9.97 Å². The minimum Gasteiger partial charge on any atom is -0.321 e. The summed E-state index contributed by atoms with van der Waals surface area (Å²) >= 11 is 7.63. The van der Waals surface area contributed by atoms with Crippen LogP contribution in [0.4, 0.5) is 5.69 Å². The molecule has 1 heterocycles. The van der Waals surface area contributed by atoms with E-state index >= 15 is 0 Å². The van der Waals surface area contributed by atoms with Gasteiger partial charge in [-0.3, -0.25) is 4.79 Å². The van der Waals surface area contributed by atoms with Crippen molar-refractivity contribution in [3.8, 4) is 0 Å². The van der Waals surface area contributed by atoms with Crippen molar-refractivity contribution < 1.29 is 4.79 Å². The van der Waals surface area contributed by atoms with Crippen LogP contribution in [-0.2, 0) is 5.75 Å². The number of carbonyl (C=O) groups is 1. The van der Waals surface area contributed by atoms with Gasteiger partial charge in [0.05, 0.1) is 11.2 Å². The van der Waals surface area contributed by atoms with Crippen molar-refractivity contribution in [2.45, 2.75) is 31.7 Å². The number of halogens is 1. The Bertz CT molecular complexity index is 991. The third-order valence-corrected chi connectivity index (χ3v) is 5.36. The van der Waals surface area contributed by atoms with Gasteiger partial charge in [0, 0.05) is 11.4 Å². The SMILES string of the molecule is Cc1cccc(CSc2ncc(Cl)c(C(=O)Nc3ccc(C)c(C)c3)n2)c1. The first-order valence-electron chi connectivity index (χ1n) is 8.52. The number of carbonyl (C=O) groups excluding carboxylic acids is 1. The lowest BCUT2D eigenvalue weighted by molar-refractivity contribution is 0.102. The molecule has 138 valence electrons. The number of hydrogen-bond acceptors (Lipinski definition) is 4. The molecule has 6 heteroatoms. The zero-order valence-corrected chi connectivity index (χ0v) is 17.0. The van der Waals surface area contributed by atoms with Gasteiger partial charge < -0.3 is 5.32 Å². The molecule has 27 heavy (non-hydrogen) atoms. The summed E-state index contributed by atoms with van der Waals surface area (Å²) < 4.78 is 0. The Hall–Kier alpha value is -2.37. The third kappa shape index (κ3) is 5.08. The second kappa shape index (κ2) is 8.55. The van der Waals surface area contributed by atoms with Crippen LogP contribution < -0.4 is 5.32 Å². The van der Waals surface area contributed by atoms with E-state index in [4.69, 9.17) is 11.6 Å². The van der Waals surface area contributed by atoms with Crippen molar-refractivity contribution in [2.24, 2.45) is 0 Å². The van der Waals surface area contributed by atoms with Crippen LogP contribution in [0.15, 0.2) is 53.8 Å². The first kappa shape index (κ1) is 19.4. The Kier molecular flexibility index (Phi) is 6.14. The Balaban J connectivity index is 1.74. The molecule has 0 aliphatic heterocycles.